The Labute approximate surface area is 132 Å². The van der Waals surface area contributed by atoms with Gasteiger partial charge >= 0.3 is 6.09 Å². The first-order chi connectivity index (χ1) is 10.3. The Morgan fingerprint density at radius 3 is 2.64 bits per heavy atom. The van der Waals surface area contributed by atoms with Crippen LogP contribution in [-0.4, -0.2) is 47.3 Å². The third-order valence-corrected chi connectivity index (χ3v) is 3.96. The zero-order valence-electron chi connectivity index (χ0n) is 12.1. The van der Waals surface area contributed by atoms with Crippen molar-refractivity contribution in [2.24, 2.45) is 0 Å². The number of hydrogen-bond acceptors (Lipinski definition) is 3. The number of hydrogen-bond donors (Lipinski definition) is 1. The van der Waals surface area contributed by atoms with E-state index in [1.807, 2.05) is 0 Å². The van der Waals surface area contributed by atoms with E-state index in [4.69, 9.17) is 16.4 Å². The SMILES string of the molecule is CON(C)C(=O)[C@H]1CC[C@@H](c2cc(F)cc(Cl)c2)N1C(=O)O. The molecule has 1 heterocycles. The molecule has 0 aromatic heterocycles. The molecule has 22 heavy (non-hydrogen) atoms. The molecule has 0 radical (unpaired) electrons. The summed E-state index contributed by atoms with van der Waals surface area (Å²) in [6.07, 6.45) is -0.511. The third-order valence-electron chi connectivity index (χ3n) is 3.74. The van der Waals surface area contributed by atoms with E-state index >= 15 is 0 Å². The second kappa shape index (κ2) is 6.50. The smallest absolute Gasteiger partial charge is 0.408 e. The van der Waals surface area contributed by atoms with E-state index < -0.39 is 29.9 Å². The lowest BCUT2D eigenvalue weighted by Gasteiger charge is -2.29. The number of hydroxylamine groups is 2. The van der Waals surface area contributed by atoms with Crippen molar-refractivity contribution in [1.82, 2.24) is 9.96 Å². The van der Waals surface area contributed by atoms with Crippen molar-refractivity contribution in [2.75, 3.05) is 14.2 Å². The van der Waals surface area contributed by atoms with Gasteiger partial charge in [-0.05, 0) is 36.6 Å². The average molecular weight is 331 g/mol. The number of nitrogens with zero attached hydrogens (tertiary/aromatic N) is 2. The first kappa shape index (κ1) is 16.5. The topological polar surface area (TPSA) is 70.1 Å². The van der Waals surface area contributed by atoms with E-state index in [9.17, 15) is 19.1 Å². The van der Waals surface area contributed by atoms with Gasteiger partial charge in [-0.15, -0.1) is 0 Å². The summed E-state index contributed by atoms with van der Waals surface area (Å²) >= 11 is 5.83. The number of carboxylic acid groups (broad SMARTS) is 1. The lowest BCUT2D eigenvalue weighted by Crippen LogP contribution is -2.46. The molecule has 1 fully saturated rings. The molecule has 1 aromatic carbocycles. The van der Waals surface area contributed by atoms with Crippen molar-refractivity contribution in [3.05, 3.63) is 34.6 Å². The highest BCUT2D eigenvalue weighted by Gasteiger charge is 2.43. The summed E-state index contributed by atoms with van der Waals surface area (Å²) in [4.78, 5) is 29.6. The molecule has 1 aliphatic heterocycles. The predicted octanol–water partition coefficient (Wildman–Crippen LogP) is 2.68. The Hall–Kier alpha value is -1.86. The molecule has 0 bridgehead atoms. The largest absolute Gasteiger partial charge is 0.465 e. The van der Waals surface area contributed by atoms with Crippen LogP contribution in [0.1, 0.15) is 24.4 Å². The molecule has 0 spiro atoms. The Morgan fingerprint density at radius 2 is 2.09 bits per heavy atom. The molecule has 2 atom stereocenters. The van der Waals surface area contributed by atoms with Crippen LogP contribution >= 0.6 is 11.6 Å². The van der Waals surface area contributed by atoms with Gasteiger partial charge in [-0.2, -0.15) is 0 Å². The summed E-state index contributed by atoms with van der Waals surface area (Å²) in [7, 11) is 2.73. The standard InChI is InChI=1S/C14H16ClFN2O4/c1-17(22-2)13(19)12-4-3-11(18(12)14(20)21)8-5-9(15)7-10(16)6-8/h5-7,11-12H,3-4H2,1-2H3,(H,20,21)/t11-,12+/m0/s1. The van der Waals surface area contributed by atoms with Crippen molar-refractivity contribution >= 4 is 23.6 Å². The number of halogens is 2. The van der Waals surface area contributed by atoms with Gasteiger partial charge < -0.3 is 5.11 Å². The van der Waals surface area contributed by atoms with Gasteiger partial charge in [0, 0.05) is 12.1 Å². The molecule has 0 saturated carbocycles. The molecule has 0 unspecified atom stereocenters. The van der Waals surface area contributed by atoms with E-state index in [-0.39, 0.29) is 5.02 Å². The minimum absolute atomic E-state index is 0.184. The summed E-state index contributed by atoms with van der Waals surface area (Å²) in [5, 5.41) is 10.6. The molecule has 6 nitrogen and oxygen atoms in total. The zero-order valence-corrected chi connectivity index (χ0v) is 12.9. The van der Waals surface area contributed by atoms with E-state index in [1.54, 1.807) is 0 Å². The Balaban J connectivity index is 2.33. The van der Waals surface area contributed by atoms with Crippen LogP contribution in [0.25, 0.3) is 0 Å². The molecule has 1 saturated heterocycles. The summed E-state index contributed by atoms with van der Waals surface area (Å²) in [6, 6.07) is 2.41. The van der Waals surface area contributed by atoms with Crippen molar-refractivity contribution in [2.45, 2.75) is 24.9 Å². The molecule has 120 valence electrons. The Morgan fingerprint density at radius 1 is 1.41 bits per heavy atom. The van der Waals surface area contributed by atoms with E-state index in [2.05, 4.69) is 0 Å². The fourth-order valence-electron chi connectivity index (χ4n) is 2.71. The molecular formula is C14H16ClFN2O4. The van der Waals surface area contributed by atoms with Gasteiger partial charge in [0.05, 0.1) is 13.2 Å². The minimum Gasteiger partial charge on any atom is -0.465 e. The van der Waals surface area contributed by atoms with Crippen LogP contribution in [-0.2, 0) is 9.63 Å². The monoisotopic (exact) mass is 330 g/mol. The second-order valence-electron chi connectivity index (χ2n) is 5.02. The highest BCUT2D eigenvalue weighted by atomic mass is 35.5. The fraction of sp³-hybridized carbons (Fsp3) is 0.429. The maximum Gasteiger partial charge on any atom is 0.408 e. The van der Waals surface area contributed by atoms with Crippen LogP contribution in [0.4, 0.5) is 9.18 Å². The minimum atomic E-state index is -1.24. The molecule has 1 N–H and O–H groups in total. The van der Waals surface area contributed by atoms with Crippen LogP contribution in [0.5, 0.6) is 0 Å². The van der Waals surface area contributed by atoms with E-state index in [0.717, 1.165) is 16.0 Å². The number of amides is 2. The Bertz CT molecular complexity index is 578. The van der Waals surface area contributed by atoms with Crippen LogP contribution in [0.2, 0.25) is 5.02 Å². The normalized spacial score (nSPS) is 21.0. The van der Waals surface area contributed by atoms with Crippen LogP contribution in [0.15, 0.2) is 18.2 Å². The summed E-state index contributed by atoms with van der Waals surface area (Å²) in [5.74, 6) is -1.01. The first-order valence-electron chi connectivity index (χ1n) is 6.64. The number of carbonyl (C=O) groups is 2. The average Bonchev–Trinajstić information content (AvgIpc) is 2.89. The van der Waals surface area contributed by atoms with Crippen molar-refractivity contribution in [3.63, 3.8) is 0 Å². The van der Waals surface area contributed by atoms with Gasteiger partial charge in [0.1, 0.15) is 11.9 Å². The number of rotatable bonds is 3. The fourth-order valence-corrected chi connectivity index (χ4v) is 2.95. The molecule has 1 aliphatic rings. The number of carbonyl (C=O) groups excluding carboxylic acids is 1. The Kier molecular flexibility index (Phi) is 4.87. The maximum absolute atomic E-state index is 13.5. The summed E-state index contributed by atoms with van der Waals surface area (Å²) in [5.41, 5.74) is 0.433. The number of likely N-dealkylation sites (N-methyl/N-ethyl adjacent to an activating group) is 1. The second-order valence-corrected chi connectivity index (χ2v) is 5.46. The van der Waals surface area contributed by atoms with Crippen molar-refractivity contribution < 1.29 is 23.9 Å². The predicted molar refractivity (Wildman–Crippen MR) is 76.8 cm³/mol. The van der Waals surface area contributed by atoms with Crippen LogP contribution in [0.3, 0.4) is 0 Å². The molecule has 1 aromatic rings. The van der Waals surface area contributed by atoms with Crippen molar-refractivity contribution in [3.8, 4) is 0 Å². The zero-order chi connectivity index (χ0) is 16.4. The maximum atomic E-state index is 13.5. The van der Waals surface area contributed by atoms with Gasteiger partial charge in [0.25, 0.3) is 5.91 Å². The highest BCUT2D eigenvalue weighted by Crippen LogP contribution is 2.38. The van der Waals surface area contributed by atoms with Gasteiger partial charge in [0.15, 0.2) is 0 Å². The van der Waals surface area contributed by atoms with E-state index in [0.29, 0.717) is 18.4 Å². The van der Waals surface area contributed by atoms with E-state index in [1.165, 1.54) is 26.3 Å². The third kappa shape index (κ3) is 3.15. The number of likely N-dealkylation sites (tertiary alicyclic amines) is 1. The molecule has 0 aliphatic carbocycles. The van der Waals surface area contributed by atoms with Gasteiger partial charge in [-0.25, -0.2) is 14.2 Å². The molecule has 2 rings (SSSR count). The van der Waals surface area contributed by atoms with Gasteiger partial charge in [0.2, 0.25) is 0 Å². The molecular weight excluding hydrogens is 315 g/mol. The van der Waals surface area contributed by atoms with Crippen LogP contribution in [0, 0.1) is 5.82 Å². The molecule has 8 heteroatoms. The van der Waals surface area contributed by atoms with Gasteiger partial charge in [-0.1, -0.05) is 11.6 Å². The van der Waals surface area contributed by atoms with Crippen LogP contribution < -0.4 is 0 Å². The first-order valence-corrected chi connectivity index (χ1v) is 7.02. The summed E-state index contributed by atoms with van der Waals surface area (Å²) in [6.45, 7) is 0. The lowest BCUT2D eigenvalue weighted by molar-refractivity contribution is -0.173. The number of benzene rings is 1. The summed E-state index contributed by atoms with van der Waals surface area (Å²) < 4.78 is 13.5. The quantitative estimate of drug-likeness (QED) is 0.865. The lowest BCUT2D eigenvalue weighted by atomic mass is 10.0. The molecule has 2 amide bonds. The van der Waals surface area contributed by atoms with Crippen molar-refractivity contribution in [1.29, 1.82) is 0 Å². The highest BCUT2D eigenvalue weighted by molar-refractivity contribution is 6.30. The van der Waals surface area contributed by atoms with Gasteiger partial charge in [-0.3, -0.25) is 14.5 Å².